The zero-order chi connectivity index (χ0) is 13.2. The van der Waals surface area contributed by atoms with Crippen molar-refractivity contribution >= 4 is 30.9 Å². The molecule has 0 saturated heterocycles. The molecule has 0 radical (unpaired) electrons. The van der Waals surface area contributed by atoms with Crippen LogP contribution in [0.25, 0.3) is 6.08 Å². The summed E-state index contributed by atoms with van der Waals surface area (Å²) in [6.07, 6.45) is 7.15. The van der Waals surface area contributed by atoms with E-state index >= 15 is 0 Å². The highest BCUT2D eigenvalue weighted by molar-refractivity contribution is 5.85. The second-order valence-electron chi connectivity index (χ2n) is 6.03. The molecular formula is C17H26Cl2N2. The molecule has 3 rings (SSSR count). The molecule has 2 unspecified atom stereocenters. The van der Waals surface area contributed by atoms with Gasteiger partial charge in [-0.25, -0.2) is 0 Å². The van der Waals surface area contributed by atoms with Gasteiger partial charge in [0.15, 0.2) is 0 Å². The van der Waals surface area contributed by atoms with E-state index in [1.807, 2.05) is 0 Å². The zero-order valence-corrected chi connectivity index (χ0v) is 14.1. The number of hydrogen-bond donors (Lipinski definition) is 2. The molecule has 2 saturated carbocycles. The second kappa shape index (κ2) is 8.19. The predicted octanol–water partition coefficient (Wildman–Crippen LogP) is 3.79. The van der Waals surface area contributed by atoms with Crippen molar-refractivity contribution in [1.29, 1.82) is 0 Å². The van der Waals surface area contributed by atoms with Crippen molar-refractivity contribution in [3.63, 3.8) is 0 Å². The van der Waals surface area contributed by atoms with Crippen LogP contribution >= 0.6 is 24.8 Å². The third-order valence-electron chi connectivity index (χ3n) is 4.45. The van der Waals surface area contributed by atoms with Crippen LogP contribution in [0, 0.1) is 5.92 Å². The summed E-state index contributed by atoms with van der Waals surface area (Å²) in [6, 6.07) is 12.5. The van der Waals surface area contributed by atoms with Crippen LogP contribution in [0.15, 0.2) is 35.9 Å². The summed E-state index contributed by atoms with van der Waals surface area (Å²) in [4.78, 5) is 0. The molecule has 2 aliphatic carbocycles. The summed E-state index contributed by atoms with van der Waals surface area (Å²) in [5.41, 5.74) is 8.76. The van der Waals surface area contributed by atoms with Gasteiger partial charge < -0.3 is 11.1 Å². The van der Waals surface area contributed by atoms with Crippen molar-refractivity contribution in [2.24, 2.45) is 11.7 Å². The summed E-state index contributed by atoms with van der Waals surface area (Å²) >= 11 is 0. The van der Waals surface area contributed by atoms with Crippen molar-refractivity contribution < 1.29 is 0 Å². The van der Waals surface area contributed by atoms with Gasteiger partial charge in [-0.3, -0.25) is 0 Å². The van der Waals surface area contributed by atoms with Gasteiger partial charge in [-0.05, 0) is 37.2 Å². The molecule has 2 aliphatic rings. The number of benzene rings is 1. The highest BCUT2D eigenvalue weighted by Crippen LogP contribution is 2.41. The van der Waals surface area contributed by atoms with E-state index in [1.165, 1.54) is 12.0 Å². The monoisotopic (exact) mass is 328 g/mol. The molecule has 2 nitrogen and oxygen atoms in total. The Morgan fingerprint density at radius 3 is 2.43 bits per heavy atom. The number of rotatable bonds is 5. The SMILES string of the molecule is CC/C(=C\c1ccccc1)C1CC1NC1CC(N)C1.Cl.Cl. The van der Waals surface area contributed by atoms with Gasteiger partial charge in [-0.15, -0.1) is 24.8 Å². The van der Waals surface area contributed by atoms with E-state index < -0.39 is 0 Å². The molecule has 4 heteroatoms. The fourth-order valence-electron chi connectivity index (χ4n) is 3.12. The number of hydrogen-bond acceptors (Lipinski definition) is 2. The molecule has 21 heavy (non-hydrogen) atoms. The molecule has 0 bridgehead atoms. The van der Waals surface area contributed by atoms with Crippen LogP contribution in [0.2, 0.25) is 0 Å². The Hall–Kier alpha value is -0.540. The summed E-state index contributed by atoms with van der Waals surface area (Å²) in [5, 5.41) is 3.75. The van der Waals surface area contributed by atoms with Crippen molar-refractivity contribution in [1.82, 2.24) is 5.32 Å². The van der Waals surface area contributed by atoms with Gasteiger partial charge in [0.05, 0.1) is 0 Å². The average molecular weight is 329 g/mol. The van der Waals surface area contributed by atoms with E-state index in [4.69, 9.17) is 5.73 Å². The lowest BCUT2D eigenvalue weighted by Gasteiger charge is -2.33. The van der Waals surface area contributed by atoms with Gasteiger partial charge in [0.25, 0.3) is 0 Å². The Bertz CT molecular complexity index is 455. The smallest absolute Gasteiger partial charge is 0.0142 e. The minimum Gasteiger partial charge on any atom is -0.328 e. The van der Waals surface area contributed by atoms with Crippen LogP contribution in [-0.4, -0.2) is 18.1 Å². The Balaban J connectivity index is 0.00000110. The Labute approximate surface area is 140 Å². The highest BCUT2D eigenvalue weighted by atomic mass is 35.5. The lowest BCUT2D eigenvalue weighted by Crippen LogP contribution is -2.49. The molecule has 0 aliphatic heterocycles. The van der Waals surface area contributed by atoms with E-state index in [0.717, 1.165) is 25.2 Å². The summed E-state index contributed by atoms with van der Waals surface area (Å²) in [5.74, 6) is 0.752. The third-order valence-corrected chi connectivity index (χ3v) is 4.45. The summed E-state index contributed by atoms with van der Waals surface area (Å²) in [6.45, 7) is 2.27. The van der Waals surface area contributed by atoms with Crippen LogP contribution in [-0.2, 0) is 0 Å². The fraction of sp³-hybridized carbons (Fsp3) is 0.529. The van der Waals surface area contributed by atoms with E-state index in [-0.39, 0.29) is 24.8 Å². The topological polar surface area (TPSA) is 38.0 Å². The maximum Gasteiger partial charge on any atom is 0.0142 e. The van der Waals surface area contributed by atoms with Crippen LogP contribution < -0.4 is 11.1 Å². The van der Waals surface area contributed by atoms with Gasteiger partial charge in [0, 0.05) is 18.1 Å². The first-order valence-corrected chi connectivity index (χ1v) is 7.53. The number of halogens is 2. The minimum absolute atomic E-state index is 0. The molecule has 2 atom stereocenters. The van der Waals surface area contributed by atoms with Crippen molar-refractivity contribution in [2.45, 2.75) is 50.7 Å². The maximum atomic E-state index is 5.84. The Morgan fingerprint density at radius 1 is 1.19 bits per heavy atom. The molecular weight excluding hydrogens is 303 g/mol. The number of nitrogens with one attached hydrogen (secondary N) is 1. The van der Waals surface area contributed by atoms with Gasteiger partial charge in [0.2, 0.25) is 0 Å². The first-order chi connectivity index (χ1) is 9.26. The van der Waals surface area contributed by atoms with E-state index in [0.29, 0.717) is 18.1 Å². The van der Waals surface area contributed by atoms with Crippen molar-refractivity contribution in [2.75, 3.05) is 0 Å². The van der Waals surface area contributed by atoms with Gasteiger partial charge >= 0.3 is 0 Å². The van der Waals surface area contributed by atoms with Gasteiger partial charge in [0.1, 0.15) is 0 Å². The molecule has 0 spiro atoms. The van der Waals surface area contributed by atoms with Crippen LogP contribution in [0.5, 0.6) is 0 Å². The fourth-order valence-corrected chi connectivity index (χ4v) is 3.12. The molecule has 118 valence electrons. The Morgan fingerprint density at radius 2 is 1.86 bits per heavy atom. The van der Waals surface area contributed by atoms with E-state index in [2.05, 4.69) is 48.6 Å². The zero-order valence-electron chi connectivity index (χ0n) is 12.5. The molecule has 0 heterocycles. The van der Waals surface area contributed by atoms with E-state index in [1.54, 1.807) is 5.57 Å². The lowest BCUT2D eigenvalue weighted by atomic mass is 9.87. The summed E-state index contributed by atoms with van der Waals surface area (Å²) < 4.78 is 0. The second-order valence-corrected chi connectivity index (χ2v) is 6.03. The third kappa shape index (κ3) is 4.72. The molecule has 0 aromatic heterocycles. The Kier molecular flexibility index (Phi) is 7.22. The predicted molar refractivity (Wildman–Crippen MR) is 95.2 cm³/mol. The van der Waals surface area contributed by atoms with Gasteiger partial charge in [-0.1, -0.05) is 48.9 Å². The highest BCUT2D eigenvalue weighted by Gasteiger charge is 2.41. The van der Waals surface area contributed by atoms with Gasteiger partial charge in [-0.2, -0.15) is 0 Å². The number of nitrogens with two attached hydrogens (primary N) is 1. The van der Waals surface area contributed by atoms with Crippen molar-refractivity contribution in [3.8, 4) is 0 Å². The van der Waals surface area contributed by atoms with Crippen molar-refractivity contribution in [3.05, 3.63) is 41.5 Å². The minimum atomic E-state index is 0. The molecule has 0 amide bonds. The quantitative estimate of drug-likeness (QED) is 0.862. The van der Waals surface area contributed by atoms with Crippen LogP contribution in [0.1, 0.15) is 38.2 Å². The first-order valence-electron chi connectivity index (χ1n) is 7.53. The largest absolute Gasteiger partial charge is 0.328 e. The summed E-state index contributed by atoms with van der Waals surface area (Å²) in [7, 11) is 0. The maximum absolute atomic E-state index is 5.84. The van der Waals surface area contributed by atoms with E-state index in [9.17, 15) is 0 Å². The first kappa shape index (κ1) is 18.5. The molecule has 2 fully saturated rings. The molecule has 3 N–H and O–H groups in total. The van der Waals surface area contributed by atoms with Crippen LogP contribution in [0.3, 0.4) is 0 Å². The standard InChI is InChI=1S/C17H24N2.2ClH/c1-2-13(8-12-6-4-3-5-7-12)16-11-17(16)19-15-9-14(18)10-15;;/h3-8,14-17,19H,2,9-11,18H2,1H3;2*1H/b13-8+;;. The molecule has 1 aromatic carbocycles. The molecule has 1 aromatic rings. The average Bonchev–Trinajstić information content (AvgIpc) is 3.15. The van der Waals surface area contributed by atoms with Crippen LogP contribution in [0.4, 0.5) is 0 Å². The normalized spacial score (nSPS) is 30.7. The lowest BCUT2D eigenvalue weighted by molar-refractivity contribution is 0.287.